The average Bonchev–Trinajstić information content (AvgIpc) is 2.41. The van der Waals surface area contributed by atoms with Gasteiger partial charge in [-0.3, -0.25) is 0 Å². The number of carbonyl (C=O) groups excluding carboxylic acids is 1. The van der Waals surface area contributed by atoms with Gasteiger partial charge in [-0.1, -0.05) is 6.07 Å². The van der Waals surface area contributed by atoms with Gasteiger partial charge in [0.1, 0.15) is 12.4 Å². The molecule has 0 unspecified atom stereocenters. The zero-order chi connectivity index (χ0) is 17.4. The largest absolute Gasteiger partial charge is 0.492 e. The number of aryl methyl sites for hydroxylation is 2. The van der Waals surface area contributed by atoms with Gasteiger partial charge in [-0.25, -0.2) is 4.79 Å². The normalized spacial score (nSPS) is 11.0. The molecule has 1 N–H and O–H groups in total. The standard InChI is InChI=1S/C18H31N3O2/c1-14(2)21(18(22)19-7-8-20(5)6)9-10-23-17-12-15(3)11-16(4)13-17/h11-14H,7-10H2,1-6H3,(H,19,22). The van der Waals surface area contributed by atoms with Crippen molar-refractivity contribution in [1.82, 2.24) is 15.1 Å². The highest BCUT2D eigenvalue weighted by Crippen LogP contribution is 2.16. The topological polar surface area (TPSA) is 44.8 Å². The quantitative estimate of drug-likeness (QED) is 0.800. The summed E-state index contributed by atoms with van der Waals surface area (Å²) >= 11 is 0. The molecule has 23 heavy (non-hydrogen) atoms. The van der Waals surface area contributed by atoms with Crippen LogP contribution in [0.1, 0.15) is 25.0 Å². The van der Waals surface area contributed by atoms with Crippen molar-refractivity contribution in [2.24, 2.45) is 0 Å². The van der Waals surface area contributed by atoms with Crippen molar-refractivity contribution in [3.63, 3.8) is 0 Å². The Balaban J connectivity index is 2.48. The number of nitrogens with zero attached hydrogens (tertiary/aromatic N) is 2. The third-order valence-corrected chi connectivity index (χ3v) is 3.52. The maximum atomic E-state index is 12.3. The number of hydrogen-bond acceptors (Lipinski definition) is 3. The van der Waals surface area contributed by atoms with Gasteiger partial charge in [0, 0.05) is 19.1 Å². The van der Waals surface area contributed by atoms with Crippen LogP contribution in [0.25, 0.3) is 0 Å². The van der Waals surface area contributed by atoms with Crippen LogP contribution >= 0.6 is 0 Å². The van der Waals surface area contributed by atoms with Gasteiger partial charge in [0.15, 0.2) is 0 Å². The molecule has 0 spiro atoms. The molecule has 5 heteroatoms. The number of nitrogens with one attached hydrogen (secondary N) is 1. The van der Waals surface area contributed by atoms with Crippen LogP contribution in [0, 0.1) is 13.8 Å². The minimum Gasteiger partial charge on any atom is -0.492 e. The van der Waals surface area contributed by atoms with E-state index < -0.39 is 0 Å². The number of benzene rings is 1. The second-order valence-electron chi connectivity index (χ2n) is 6.49. The van der Waals surface area contributed by atoms with Crippen LogP contribution in [0.5, 0.6) is 5.75 Å². The fraction of sp³-hybridized carbons (Fsp3) is 0.611. The molecule has 0 bridgehead atoms. The van der Waals surface area contributed by atoms with Crippen molar-refractivity contribution in [3.05, 3.63) is 29.3 Å². The Bertz CT molecular complexity index is 481. The highest BCUT2D eigenvalue weighted by Gasteiger charge is 2.16. The minimum atomic E-state index is -0.0362. The van der Waals surface area contributed by atoms with Crippen LogP contribution < -0.4 is 10.1 Å². The highest BCUT2D eigenvalue weighted by molar-refractivity contribution is 5.74. The molecule has 0 saturated carbocycles. The summed E-state index contributed by atoms with van der Waals surface area (Å²) in [4.78, 5) is 16.1. The number of hydrogen-bond donors (Lipinski definition) is 1. The SMILES string of the molecule is Cc1cc(C)cc(OCCN(C(=O)NCCN(C)C)C(C)C)c1. The molecule has 0 radical (unpaired) electrons. The van der Waals surface area contributed by atoms with Crippen LogP contribution in [0.2, 0.25) is 0 Å². The lowest BCUT2D eigenvalue weighted by atomic mass is 10.1. The molecule has 1 rings (SSSR count). The Hall–Kier alpha value is -1.75. The third-order valence-electron chi connectivity index (χ3n) is 3.52. The second kappa shape index (κ2) is 9.40. The van der Waals surface area contributed by atoms with Crippen molar-refractivity contribution in [2.45, 2.75) is 33.7 Å². The number of amides is 2. The molecule has 0 heterocycles. The Kier molecular flexibility index (Phi) is 7.89. The first kappa shape index (κ1) is 19.3. The summed E-state index contributed by atoms with van der Waals surface area (Å²) in [6, 6.07) is 6.25. The van der Waals surface area contributed by atoms with Gasteiger partial charge in [0.05, 0.1) is 6.54 Å². The van der Waals surface area contributed by atoms with Gasteiger partial charge in [-0.2, -0.15) is 0 Å². The molecule has 0 atom stereocenters. The Morgan fingerprint density at radius 2 is 1.74 bits per heavy atom. The lowest BCUT2D eigenvalue weighted by Gasteiger charge is -2.27. The summed E-state index contributed by atoms with van der Waals surface area (Å²) < 4.78 is 5.81. The number of urea groups is 1. The van der Waals surface area contributed by atoms with Crippen LogP contribution in [-0.4, -0.2) is 62.2 Å². The van der Waals surface area contributed by atoms with E-state index in [2.05, 4.69) is 25.2 Å². The summed E-state index contributed by atoms with van der Waals surface area (Å²) in [5.41, 5.74) is 2.37. The van der Waals surface area contributed by atoms with Gasteiger partial charge in [0.25, 0.3) is 0 Å². The van der Waals surface area contributed by atoms with E-state index in [1.54, 1.807) is 4.90 Å². The van der Waals surface area contributed by atoms with Crippen LogP contribution in [0.3, 0.4) is 0 Å². The summed E-state index contributed by atoms with van der Waals surface area (Å²) in [6.45, 7) is 10.7. The van der Waals surface area contributed by atoms with Gasteiger partial charge >= 0.3 is 6.03 Å². The monoisotopic (exact) mass is 321 g/mol. The minimum absolute atomic E-state index is 0.0362. The van der Waals surface area contributed by atoms with Gasteiger partial charge in [0.2, 0.25) is 0 Å². The zero-order valence-corrected chi connectivity index (χ0v) is 15.3. The molecule has 0 saturated heterocycles. The average molecular weight is 321 g/mol. The number of likely N-dealkylation sites (N-methyl/N-ethyl adjacent to an activating group) is 1. The molecule has 1 aromatic rings. The van der Waals surface area contributed by atoms with Gasteiger partial charge in [-0.15, -0.1) is 0 Å². The molecule has 0 aromatic heterocycles. The maximum Gasteiger partial charge on any atom is 0.317 e. The van der Waals surface area contributed by atoms with Crippen LogP contribution in [0.15, 0.2) is 18.2 Å². The fourth-order valence-electron chi connectivity index (χ4n) is 2.36. The summed E-state index contributed by atoms with van der Waals surface area (Å²) in [7, 11) is 3.98. The van der Waals surface area contributed by atoms with Crippen LogP contribution in [-0.2, 0) is 0 Å². The Morgan fingerprint density at radius 1 is 1.13 bits per heavy atom. The molecule has 130 valence electrons. The van der Waals surface area contributed by atoms with E-state index in [1.807, 2.05) is 45.0 Å². The number of ether oxygens (including phenoxy) is 1. The molecule has 5 nitrogen and oxygen atoms in total. The van der Waals surface area contributed by atoms with E-state index in [1.165, 1.54) is 11.1 Å². The predicted octanol–water partition coefficient (Wildman–Crippen LogP) is 2.66. The first-order chi connectivity index (χ1) is 10.8. The number of rotatable bonds is 8. The first-order valence-electron chi connectivity index (χ1n) is 8.20. The molecule has 0 fully saturated rings. The lowest BCUT2D eigenvalue weighted by Crippen LogP contribution is -2.47. The molecule has 0 aliphatic carbocycles. The number of carbonyl (C=O) groups is 1. The Labute approximate surface area is 140 Å². The van der Waals surface area contributed by atoms with Crippen molar-refractivity contribution >= 4 is 6.03 Å². The smallest absolute Gasteiger partial charge is 0.317 e. The Morgan fingerprint density at radius 3 is 2.26 bits per heavy atom. The second-order valence-corrected chi connectivity index (χ2v) is 6.49. The van der Waals surface area contributed by atoms with E-state index in [4.69, 9.17) is 4.74 Å². The van der Waals surface area contributed by atoms with Crippen molar-refractivity contribution < 1.29 is 9.53 Å². The predicted molar refractivity (Wildman–Crippen MR) is 95.2 cm³/mol. The summed E-state index contributed by atoms with van der Waals surface area (Å²) in [5.74, 6) is 0.860. The molecular formula is C18H31N3O2. The van der Waals surface area contributed by atoms with Crippen molar-refractivity contribution in [2.75, 3.05) is 40.3 Å². The molecule has 1 aromatic carbocycles. The van der Waals surface area contributed by atoms with E-state index in [-0.39, 0.29) is 12.1 Å². The lowest BCUT2D eigenvalue weighted by molar-refractivity contribution is 0.165. The summed E-state index contributed by atoms with van der Waals surface area (Å²) in [5, 5.41) is 2.95. The van der Waals surface area contributed by atoms with E-state index in [0.717, 1.165) is 12.3 Å². The third kappa shape index (κ3) is 7.37. The van der Waals surface area contributed by atoms with Crippen molar-refractivity contribution in [3.8, 4) is 5.75 Å². The van der Waals surface area contributed by atoms with E-state index in [9.17, 15) is 4.79 Å². The molecule has 2 amide bonds. The van der Waals surface area contributed by atoms with E-state index in [0.29, 0.717) is 19.7 Å². The highest BCUT2D eigenvalue weighted by atomic mass is 16.5. The van der Waals surface area contributed by atoms with Gasteiger partial charge in [-0.05, 0) is 65.0 Å². The molecule has 0 aliphatic heterocycles. The fourth-order valence-corrected chi connectivity index (χ4v) is 2.36. The van der Waals surface area contributed by atoms with Crippen molar-refractivity contribution in [1.29, 1.82) is 0 Å². The van der Waals surface area contributed by atoms with Gasteiger partial charge < -0.3 is 19.9 Å². The first-order valence-corrected chi connectivity index (χ1v) is 8.20. The summed E-state index contributed by atoms with van der Waals surface area (Å²) in [6.07, 6.45) is 0. The van der Waals surface area contributed by atoms with E-state index >= 15 is 0 Å². The molecular weight excluding hydrogens is 290 g/mol. The molecule has 0 aliphatic rings. The zero-order valence-electron chi connectivity index (χ0n) is 15.3. The van der Waals surface area contributed by atoms with Crippen LogP contribution in [0.4, 0.5) is 4.79 Å². The maximum absolute atomic E-state index is 12.3.